The summed E-state index contributed by atoms with van der Waals surface area (Å²) >= 11 is 3.35. The zero-order chi connectivity index (χ0) is 40.3. The second-order valence-corrected chi connectivity index (χ2v) is 17.1. The highest BCUT2D eigenvalue weighted by molar-refractivity contribution is 8.04. The first-order valence-electron chi connectivity index (χ1n) is 16.9. The summed E-state index contributed by atoms with van der Waals surface area (Å²) in [5.74, 6) is -8.64. The van der Waals surface area contributed by atoms with Gasteiger partial charge in [0.2, 0.25) is 0 Å². The number of aryl methyl sites for hydroxylation is 4. The van der Waals surface area contributed by atoms with E-state index in [1.165, 1.54) is 22.3 Å². The maximum Gasteiger partial charge on any atom is 0.259 e. The minimum absolute atomic E-state index is 0.0279. The average Bonchev–Trinajstić information content (AvgIpc) is 3.14. The van der Waals surface area contributed by atoms with Gasteiger partial charge in [-0.25, -0.2) is 39.4 Å². The fourth-order valence-electron chi connectivity index (χ4n) is 6.56. The van der Waals surface area contributed by atoms with Crippen molar-refractivity contribution in [2.45, 2.75) is 42.4 Å². The molecule has 2 aliphatic rings. The van der Waals surface area contributed by atoms with Gasteiger partial charge in [-0.2, -0.15) is 0 Å². The van der Waals surface area contributed by atoms with Crippen molar-refractivity contribution in [3.05, 3.63) is 148 Å². The molecule has 1 aliphatic heterocycles. The van der Waals surface area contributed by atoms with Crippen LogP contribution in [-0.2, 0) is 20.0 Å². The lowest BCUT2D eigenvalue weighted by atomic mass is 9.93. The number of hydrogen-bond donors (Lipinski definition) is 3. The van der Waals surface area contributed by atoms with Gasteiger partial charge in [0, 0.05) is 45.6 Å². The van der Waals surface area contributed by atoms with Gasteiger partial charge in [0.05, 0.1) is 20.8 Å². The predicted molar refractivity (Wildman–Crippen MR) is 210 cm³/mol. The van der Waals surface area contributed by atoms with Gasteiger partial charge >= 0.3 is 0 Å². The number of anilines is 2. The van der Waals surface area contributed by atoms with Crippen molar-refractivity contribution in [1.82, 2.24) is 4.13 Å². The van der Waals surface area contributed by atoms with Gasteiger partial charge < -0.3 is 9.73 Å². The Bertz CT molecular complexity index is 2950. The van der Waals surface area contributed by atoms with Crippen LogP contribution in [0, 0.1) is 51.0 Å². The number of hydrogen-bond acceptors (Lipinski definition) is 8. The number of para-hydroxylation sites is 2. The Labute approximate surface area is 325 Å². The molecule has 1 heterocycles. The van der Waals surface area contributed by atoms with Crippen LogP contribution in [0.2, 0.25) is 0 Å². The van der Waals surface area contributed by atoms with Gasteiger partial charge in [-0.1, -0.05) is 54.6 Å². The molecule has 0 fully saturated rings. The molecule has 0 unspecified atom stereocenters. The Balaban J connectivity index is 1.45. The number of halogens is 4. The van der Waals surface area contributed by atoms with E-state index in [0.29, 0.717) is 38.9 Å². The third kappa shape index (κ3) is 6.95. The molecule has 286 valence electrons. The molecule has 0 atom stereocenters. The quantitative estimate of drug-likeness (QED) is 0.0609. The van der Waals surface area contributed by atoms with Crippen LogP contribution in [0.25, 0.3) is 33.4 Å². The maximum atomic E-state index is 14.8. The molecule has 5 aromatic carbocycles. The third-order valence-corrected chi connectivity index (χ3v) is 13.2. The predicted octanol–water partition coefficient (Wildman–Crippen LogP) is 9.93. The molecular formula is C41H31F4N3O5S3. The highest BCUT2D eigenvalue weighted by Crippen LogP contribution is 2.43. The van der Waals surface area contributed by atoms with Crippen LogP contribution in [-0.4, -0.2) is 16.8 Å². The number of sulfonamides is 2. The van der Waals surface area contributed by atoms with Crippen LogP contribution in [0.5, 0.6) is 0 Å². The zero-order valence-electron chi connectivity index (χ0n) is 30.0. The molecule has 15 heteroatoms. The minimum atomic E-state index is -5.80. The molecule has 56 heavy (non-hydrogen) atoms. The van der Waals surface area contributed by atoms with Crippen LogP contribution in [0.15, 0.2) is 121 Å². The molecule has 0 amide bonds. The topological polar surface area (TPSA) is 118 Å². The van der Waals surface area contributed by atoms with Crippen molar-refractivity contribution in [3.8, 4) is 22.5 Å². The first-order chi connectivity index (χ1) is 26.5. The first-order valence-corrected chi connectivity index (χ1v) is 20.3. The van der Waals surface area contributed by atoms with Gasteiger partial charge in [-0.05, 0) is 80.3 Å². The average molecular weight is 818 g/mol. The molecule has 0 bridgehead atoms. The Kier molecular flexibility index (Phi) is 10.1. The van der Waals surface area contributed by atoms with Crippen LogP contribution in [0.3, 0.4) is 0 Å². The lowest BCUT2D eigenvalue weighted by Gasteiger charge is -2.19. The zero-order valence-corrected chi connectivity index (χ0v) is 32.5. The third-order valence-electron chi connectivity index (χ3n) is 9.27. The molecule has 7 rings (SSSR count). The molecule has 2 N–H and O–H groups in total. The van der Waals surface area contributed by atoms with Crippen molar-refractivity contribution in [2.75, 3.05) is 5.32 Å². The normalized spacial score (nSPS) is 12.5. The maximum absolute atomic E-state index is 14.8. The summed E-state index contributed by atoms with van der Waals surface area (Å²) in [7, 11) is -11.1. The molecular weight excluding hydrogens is 787 g/mol. The van der Waals surface area contributed by atoms with E-state index in [2.05, 4.69) is 17.9 Å². The molecule has 5 aromatic rings. The van der Waals surface area contributed by atoms with Gasteiger partial charge in [0.25, 0.3) is 20.0 Å². The standard InChI is InChI=1S/C41H31F4N3O5S3/c1-21-9-7-10-22(2)38(21)46-25-15-17-27-30(19-25)53-31-20-26(47-39-23(3)11-8-12-24(39)4)16-18-28(31)33(27)29-13-5-6-14-32(29)55(49,50)48-56(51,52)41-36(44)34(42)40(54)35(43)37(41)45/h5-20,46,48,54H,1-4H3/b47-26-. The van der Waals surface area contributed by atoms with E-state index in [4.69, 9.17) is 9.41 Å². The van der Waals surface area contributed by atoms with Gasteiger partial charge in [0.1, 0.15) is 11.3 Å². The highest BCUT2D eigenvalue weighted by atomic mass is 32.3. The number of fused-ring (bicyclic) bond motifs is 2. The Morgan fingerprint density at radius 2 is 1.25 bits per heavy atom. The van der Waals surface area contributed by atoms with Crippen LogP contribution in [0.1, 0.15) is 22.3 Å². The second-order valence-electron chi connectivity index (χ2n) is 13.1. The van der Waals surface area contributed by atoms with E-state index in [9.17, 15) is 34.4 Å². The van der Waals surface area contributed by atoms with Crippen molar-refractivity contribution >= 4 is 60.7 Å². The van der Waals surface area contributed by atoms with Crippen LogP contribution >= 0.6 is 12.6 Å². The number of nitrogens with zero attached hydrogens (tertiary/aromatic N) is 1. The van der Waals surface area contributed by atoms with E-state index in [1.807, 2.05) is 64.1 Å². The highest BCUT2D eigenvalue weighted by Gasteiger charge is 2.36. The lowest BCUT2D eigenvalue weighted by molar-refractivity contribution is 0.395. The second kappa shape index (κ2) is 14.5. The van der Waals surface area contributed by atoms with Crippen molar-refractivity contribution in [2.24, 2.45) is 4.99 Å². The Morgan fingerprint density at radius 3 is 1.89 bits per heavy atom. The first kappa shape index (κ1) is 38.8. The molecule has 1 aliphatic carbocycles. The summed E-state index contributed by atoms with van der Waals surface area (Å²) < 4.78 is 121. The van der Waals surface area contributed by atoms with Gasteiger partial charge in [0.15, 0.2) is 28.2 Å². The summed E-state index contributed by atoms with van der Waals surface area (Å²) in [5, 5.41) is 4.37. The lowest BCUT2D eigenvalue weighted by Crippen LogP contribution is -2.33. The van der Waals surface area contributed by atoms with Crippen LogP contribution in [0.4, 0.5) is 34.6 Å². The van der Waals surface area contributed by atoms with Crippen molar-refractivity contribution in [1.29, 1.82) is 0 Å². The SMILES string of the molecule is Cc1cccc(C)c1/N=c1/ccc2c(-c3ccccc3S(=O)(=O)NS(=O)(=O)c3c(F)c(F)c(S)c(F)c3F)c3ccc(Nc4c(C)cccc4C)cc3oc-2c1. The number of rotatable bonds is 8. The summed E-state index contributed by atoms with van der Waals surface area (Å²) in [4.78, 5) is 0.646. The molecule has 8 nitrogen and oxygen atoms in total. The molecule has 0 radical (unpaired) electrons. The smallest absolute Gasteiger partial charge is 0.259 e. The minimum Gasteiger partial charge on any atom is -0.456 e. The Morgan fingerprint density at radius 1 is 0.643 bits per heavy atom. The van der Waals surface area contributed by atoms with E-state index in [1.54, 1.807) is 36.4 Å². The fourth-order valence-corrected chi connectivity index (χ4v) is 9.97. The van der Waals surface area contributed by atoms with E-state index in [-0.39, 0.29) is 5.56 Å². The Hall–Kier alpha value is -5.48. The molecule has 0 saturated heterocycles. The van der Waals surface area contributed by atoms with E-state index >= 15 is 0 Å². The number of benzene rings is 6. The molecule has 0 aromatic heterocycles. The van der Waals surface area contributed by atoms with Gasteiger partial charge in [-0.15, -0.1) is 16.8 Å². The summed E-state index contributed by atoms with van der Waals surface area (Å²) in [6.07, 6.45) is 0. The molecule has 0 spiro atoms. The number of thiol groups is 1. The van der Waals surface area contributed by atoms with E-state index < -0.39 is 58.0 Å². The van der Waals surface area contributed by atoms with Gasteiger partial charge in [-0.3, -0.25) is 0 Å². The number of nitrogens with one attached hydrogen (secondary N) is 2. The fraction of sp³-hybridized carbons (Fsp3) is 0.0976. The largest absolute Gasteiger partial charge is 0.456 e. The van der Waals surface area contributed by atoms with Crippen molar-refractivity contribution < 1.29 is 38.8 Å². The molecule has 0 saturated carbocycles. The summed E-state index contributed by atoms with van der Waals surface area (Å²) in [5.41, 5.74) is 7.13. The summed E-state index contributed by atoms with van der Waals surface area (Å²) in [6.45, 7) is 7.80. The van der Waals surface area contributed by atoms with Crippen LogP contribution < -0.4 is 14.8 Å². The summed E-state index contributed by atoms with van der Waals surface area (Å²) in [6, 6.07) is 27.3. The monoisotopic (exact) mass is 817 g/mol. The van der Waals surface area contributed by atoms with E-state index in [0.717, 1.165) is 39.7 Å². The van der Waals surface area contributed by atoms with Crippen molar-refractivity contribution in [3.63, 3.8) is 0 Å².